The third-order valence-electron chi connectivity index (χ3n) is 12.0. The van der Waals surface area contributed by atoms with E-state index >= 15 is 0 Å². The van der Waals surface area contributed by atoms with Crippen LogP contribution < -0.4 is 14.4 Å². The van der Waals surface area contributed by atoms with Gasteiger partial charge in [0, 0.05) is 53.8 Å². The van der Waals surface area contributed by atoms with E-state index in [-0.39, 0.29) is 28.4 Å². The molecule has 0 radical (unpaired) electrons. The number of ether oxygens (including phenoxy) is 2. The molecule has 1 saturated carbocycles. The molecular formula is C38H47ClN4O4S. The first kappa shape index (κ1) is 33.4. The quantitative estimate of drug-likeness (QED) is 0.298. The highest BCUT2D eigenvalue weighted by Crippen LogP contribution is 2.52. The van der Waals surface area contributed by atoms with Gasteiger partial charge in [-0.1, -0.05) is 24.6 Å². The van der Waals surface area contributed by atoms with E-state index in [2.05, 4.69) is 34.5 Å². The molecule has 2 aliphatic heterocycles. The number of hydrogen-bond donors (Lipinski definition) is 1. The highest BCUT2D eigenvalue weighted by molar-refractivity contribution is 7.99. The lowest BCUT2D eigenvalue weighted by atomic mass is 9.62. The lowest BCUT2D eigenvalue weighted by Gasteiger charge is -2.51. The van der Waals surface area contributed by atoms with E-state index < -0.39 is 15.3 Å². The molecule has 7 atom stereocenters. The molecular weight excluding hydrogens is 644 g/mol. The Bertz CT molecular complexity index is 1790. The van der Waals surface area contributed by atoms with Crippen molar-refractivity contribution in [2.75, 3.05) is 31.7 Å². The third-order valence-corrected chi connectivity index (χ3v) is 14.4. The summed E-state index contributed by atoms with van der Waals surface area (Å²) in [5.41, 5.74) is 3.02. The number of methoxy groups -OCH3 is 1. The van der Waals surface area contributed by atoms with Crippen LogP contribution in [0.5, 0.6) is 5.75 Å². The summed E-state index contributed by atoms with van der Waals surface area (Å²) in [4.78, 5) is 25.7. The summed E-state index contributed by atoms with van der Waals surface area (Å²) in [6, 6.07) is 13.7. The second-order valence-corrected chi connectivity index (χ2v) is 17.5. The minimum absolute atomic E-state index is 0.0621. The Morgan fingerprint density at radius 1 is 1.08 bits per heavy atom. The maximum Gasteiger partial charge on any atom is 0.262 e. The number of halogens is 1. The summed E-state index contributed by atoms with van der Waals surface area (Å²) in [5.74, 6) is 5.73. The van der Waals surface area contributed by atoms with Crippen molar-refractivity contribution in [1.29, 1.82) is 0 Å². The first-order valence-electron chi connectivity index (χ1n) is 17.4. The zero-order chi connectivity index (χ0) is 33.7. The maximum atomic E-state index is 13.9. The molecule has 0 saturated heterocycles. The predicted octanol–water partition coefficient (Wildman–Crippen LogP) is 6.74. The lowest BCUT2D eigenvalue weighted by Crippen LogP contribution is -2.53. The molecule has 1 fully saturated rings. The van der Waals surface area contributed by atoms with Crippen molar-refractivity contribution in [3.63, 3.8) is 0 Å². The van der Waals surface area contributed by atoms with Crippen molar-refractivity contribution in [3.8, 4) is 5.75 Å². The Labute approximate surface area is 290 Å². The van der Waals surface area contributed by atoms with Gasteiger partial charge in [-0.2, -0.15) is 0 Å². The van der Waals surface area contributed by atoms with Crippen LogP contribution in [0.3, 0.4) is 0 Å². The summed E-state index contributed by atoms with van der Waals surface area (Å²) in [6.45, 7) is 6.07. The second-order valence-electron chi connectivity index (χ2n) is 14.6. The monoisotopic (exact) mass is 690 g/mol. The van der Waals surface area contributed by atoms with Crippen molar-refractivity contribution in [2.24, 2.45) is 17.8 Å². The number of carbonyl (C=O) groups is 1. The van der Waals surface area contributed by atoms with E-state index in [1.54, 1.807) is 13.2 Å². The van der Waals surface area contributed by atoms with Crippen molar-refractivity contribution in [2.45, 2.75) is 81.5 Å². The van der Waals surface area contributed by atoms with Crippen LogP contribution in [0, 0.1) is 17.8 Å². The zero-order valence-electron chi connectivity index (χ0n) is 28.3. The Morgan fingerprint density at radius 2 is 1.90 bits per heavy atom. The van der Waals surface area contributed by atoms with Gasteiger partial charge in [0.2, 0.25) is 0 Å². The van der Waals surface area contributed by atoms with Gasteiger partial charge >= 0.3 is 0 Å². The molecule has 3 aromatic rings. The molecule has 3 heterocycles. The Hall–Kier alpha value is -3.14. The van der Waals surface area contributed by atoms with E-state index in [4.69, 9.17) is 31.0 Å². The molecule has 2 aromatic carbocycles. The highest BCUT2D eigenvalue weighted by Gasteiger charge is 2.52. The van der Waals surface area contributed by atoms with Crippen LogP contribution in [-0.2, 0) is 31.9 Å². The van der Waals surface area contributed by atoms with Crippen molar-refractivity contribution < 1.29 is 18.5 Å². The average Bonchev–Trinajstić information content (AvgIpc) is 3.22. The normalized spacial score (nSPS) is 33.8. The van der Waals surface area contributed by atoms with E-state index in [0.717, 1.165) is 86.7 Å². The highest BCUT2D eigenvalue weighted by atomic mass is 35.5. The number of carbonyl (C=O) groups excluding carboxylic acids is 1. The van der Waals surface area contributed by atoms with E-state index in [1.807, 2.05) is 43.6 Å². The smallest absolute Gasteiger partial charge is 0.262 e. The Morgan fingerprint density at radius 3 is 2.65 bits per heavy atom. The van der Waals surface area contributed by atoms with Crippen LogP contribution >= 0.6 is 11.6 Å². The SMILES string of the molecule is C=S1(=O)NC(=O)c2ccc3c(c2)N(C[C@@H]2CC[C@H]2[C@](OC)(c2ncccn2)CCC[C@H](C)[C@H]1C)C[C@@]1(CCCc2cc(Cl)ccc21)CO3. The summed E-state index contributed by atoms with van der Waals surface area (Å²) >= 11 is 6.48. The number of benzene rings is 2. The van der Waals surface area contributed by atoms with Gasteiger partial charge in [-0.15, -0.1) is 0 Å². The molecule has 8 nitrogen and oxygen atoms in total. The number of amides is 1. The number of hydrogen-bond acceptors (Lipinski definition) is 7. The summed E-state index contributed by atoms with van der Waals surface area (Å²) in [6.07, 6.45) is 11.1. The van der Waals surface area contributed by atoms with Crippen molar-refractivity contribution in [3.05, 3.63) is 82.4 Å². The summed E-state index contributed by atoms with van der Waals surface area (Å²) in [5, 5.41) is 0.433. The van der Waals surface area contributed by atoms with Gasteiger partial charge in [-0.25, -0.2) is 14.2 Å². The van der Waals surface area contributed by atoms with Crippen LogP contribution in [0.1, 0.15) is 86.1 Å². The van der Waals surface area contributed by atoms with Crippen LogP contribution in [0.4, 0.5) is 5.69 Å². The molecule has 10 heteroatoms. The fourth-order valence-electron chi connectivity index (χ4n) is 8.87. The minimum atomic E-state index is -2.94. The van der Waals surface area contributed by atoms with Crippen molar-refractivity contribution in [1.82, 2.24) is 14.7 Å². The van der Waals surface area contributed by atoms with E-state index in [9.17, 15) is 9.00 Å². The largest absolute Gasteiger partial charge is 0.490 e. The molecule has 1 aromatic heterocycles. The summed E-state index contributed by atoms with van der Waals surface area (Å²) < 4.78 is 30.0. The molecule has 4 aliphatic rings. The minimum Gasteiger partial charge on any atom is -0.490 e. The van der Waals surface area contributed by atoms with Crippen LogP contribution in [0.15, 0.2) is 54.9 Å². The van der Waals surface area contributed by atoms with Gasteiger partial charge in [0.1, 0.15) is 11.4 Å². The number of aromatic nitrogens is 2. The molecule has 7 rings (SSSR count). The Balaban J connectivity index is 1.34. The first-order valence-corrected chi connectivity index (χ1v) is 19.5. The molecule has 256 valence electrons. The number of fused-ring (bicyclic) bond motifs is 4. The fraction of sp³-hybridized carbons (Fsp3) is 0.526. The molecule has 1 N–H and O–H groups in total. The number of aryl methyl sites for hydroxylation is 1. The molecule has 2 bridgehead atoms. The molecule has 48 heavy (non-hydrogen) atoms. The number of nitrogens with zero attached hydrogens (tertiary/aromatic N) is 3. The average molecular weight is 691 g/mol. The van der Waals surface area contributed by atoms with Crippen LogP contribution in [0.25, 0.3) is 0 Å². The molecule has 1 unspecified atom stereocenters. The van der Waals surface area contributed by atoms with E-state index in [1.165, 1.54) is 11.1 Å². The van der Waals surface area contributed by atoms with Gasteiger partial charge in [0.15, 0.2) is 5.82 Å². The molecule has 1 amide bonds. The fourth-order valence-corrected chi connectivity index (χ4v) is 10.6. The van der Waals surface area contributed by atoms with Gasteiger partial charge in [0.25, 0.3) is 5.91 Å². The maximum absolute atomic E-state index is 13.9. The number of anilines is 1. The van der Waals surface area contributed by atoms with Crippen LogP contribution in [0.2, 0.25) is 5.02 Å². The van der Waals surface area contributed by atoms with Crippen molar-refractivity contribution >= 4 is 38.8 Å². The van der Waals surface area contributed by atoms with E-state index in [0.29, 0.717) is 18.1 Å². The summed E-state index contributed by atoms with van der Waals surface area (Å²) in [7, 11) is -1.14. The van der Waals surface area contributed by atoms with Gasteiger partial charge in [-0.3, -0.25) is 9.52 Å². The molecule has 2 aliphatic carbocycles. The first-order chi connectivity index (χ1) is 23.0. The molecule has 1 spiro atoms. The third kappa shape index (κ3) is 5.90. The zero-order valence-corrected chi connectivity index (χ0v) is 29.8. The van der Waals surface area contributed by atoms with Gasteiger partial charge in [0.05, 0.1) is 22.0 Å². The topological polar surface area (TPSA) is 93.7 Å². The van der Waals surface area contributed by atoms with Gasteiger partial charge < -0.3 is 14.4 Å². The lowest BCUT2D eigenvalue weighted by molar-refractivity contribution is -0.128. The van der Waals surface area contributed by atoms with Gasteiger partial charge in [-0.05, 0) is 129 Å². The Kier molecular flexibility index (Phi) is 9.00. The second kappa shape index (κ2) is 13.0. The number of rotatable bonds is 2. The number of nitrogens with one attached hydrogen (secondary N) is 1. The predicted molar refractivity (Wildman–Crippen MR) is 192 cm³/mol. The van der Waals surface area contributed by atoms with Crippen LogP contribution in [-0.4, -0.2) is 58.0 Å². The standard InChI is InChI=1S/C38H47ClN4O4S/c1-25-8-5-17-38(46-3,36-40-18-7-19-41-36)32-13-10-29(32)22-43-23-37(16-6-9-27-20-30(39)12-14-31(27)37)24-47-34-15-11-28(21-33(34)43)35(44)42-48(4,45)26(25)2/h7,11-12,14-15,18-21,25-26,29,32H,4-6,8-10,13,16-17,22-24H2,1-3H3,(H,42,44,45)/t25-,26+,29-,32+,37-,38-,48?/m0/s1.